The molecule has 2 N–H and O–H groups in total. The van der Waals surface area contributed by atoms with E-state index in [1.165, 1.54) is 24.2 Å². The summed E-state index contributed by atoms with van der Waals surface area (Å²) in [5.41, 5.74) is 0. The van der Waals surface area contributed by atoms with Crippen LogP contribution < -0.4 is 10.0 Å². The summed E-state index contributed by atoms with van der Waals surface area (Å²) in [7, 11) is -1.52. The second-order valence-electron chi connectivity index (χ2n) is 5.02. The van der Waals surface area contributed by atoms with E-state index in [4.69, 9.17) is 4.74 Å². The van der Waals surface area contributed by atoms with E-state index in [0.29, 0.717) is 30.3 Å². The van der Waals surface area contributed by atoms with Gasteiger partial charge in [0, 0.05) is 31.2 Å². The zero-order chi connectivity index (χ0) is 14.4. The van der Waals surface area contributed by atoms with Gasteiger partial charge in [-0.05, 0) is 44.4 Å². The molecule has 2 rings (SSSR count). The highest BCUT2D eigenvalue weighted by atomic mass is 32.2. The van der Waals surface area contributed by atoms with Crippen molar-refractivity contribution in [3.8, 4) is 0 Å². The van der Waals surface area contributed by atoms with Crippen LogP contribution in [0, 0.1) is 5.92 Å². The largest absolute Gasteiger partial charge is 0.381 e. The van der Waals surface area contributed by atoms with Gasteiger partial charge in [-0.3, -0.25) is 0 Å². The van der Waals surface area contributed by atoms with Crippen molar-refractivity contribution in [3.05, 3.63) is 17.0 Å². The van der Waals surface area contributed by atoms with Gasteiger partial charge >= 0.3 is 0 Å². The highest BCUT2D eigenvalue weighted by molar-refractivity contribution is 7.91. The average molecular weight is 318 g/mol. The van der Waals surface area contributed by atoms with E-state index in [1.54, 1.807) is 6.07 Å². The first kappa shape index (κ1) is 15.9. The summed E-state index contributed by atoms with van der Waals surface area (Å²) >= 11 is 1.30. The quantitative estimate of drug-likeness (QED) is 0.643. The topological polar surface area (TPSA) is 67.4 Å². The van der Waals surface area contributed by atoms with E-state index in [9.17, 15) is 8.42 Å². The molecule has 1 aliphatic rings. The number of nitrogens with one attached hydrogen (secondary N) is 2. The Morgan fingerprint density at radius 2 is 2.20 bits per heavy atom. The summed E-state index contributed by atoms with van der Waals surface area (Å²) in [5.74, 6) is 0.753. The molecule has 0 bridgehead atoms. The molecule has 0 aromatic carbocycles. The van der Waals surface area contributed by atoms with Crippen LogP contribution in [0.1, 0.15) is 24.1 Å². The molecule has 0 spiro atoms. The minimum Gasteiger partial charge on any atom is -0.381 e. The molecule has 1 heterocycles. The van der Waals surface area contributed by atoms with E-state index in [-0.39, 0.29) is 0 Å². The first-order valence-corrected chi connectivity index (χ1v) is 9.22. The van der Waals surface area contributed by atoms with Crippen LogP contribution in [0.3, 0.4) is 0 Å². The third-order valence-electron chi connectivity index (χ3n) is 3.06. The third kappa shape index (κ3) is 5.14. The van der Waals surface area contributed by atoms with Crippen LogP contribution in [0.15, 0.2) is 16.3 Å². The van der Waals surface area contributed by atoms with E-state index in [2.05, 4.69) is 10.0 Å². The van der Waals surface area contributed by atoms with Crippen molar-refractivity contribution < 1.29 is 13.2 Å². The molecule has 1 aromatic rings. The Morgan fingerprint density at radius 1 is 1.40 bits per heavy atom. The van der Waals surface area contributed by atoms with Gasteiger partial charge in [0.2, 0.25) is 10.0 Å². The highest BCUT2D eigenvalue weighted by Crippen LogP contribution is 2.28. The third-order valence-corrected chi connectivity index (χ3v) is 6.10. The van der Waals surface area contributed by atoms with E-state index in [1.807, 2.05) is 13.1 Å². The summed E-state index contributed by atoms with van der Waals surface area (Å²) < 4.78 is 32.5. The van der Waals surface area contributed by atoms with Crippen LogP contribution in [0.2, 0.25) is 0 Å². The SMILES string of the molecule is CNCc1ccc(S(=O)(=O)NCCCOCC2CC2)s1. The van der Waals surface area contributed by atoms with Crippen molar-refractivity contribution in [1.29, 1.82) is 0 Å². The van der Waals surface area contributed by atoms with Gasteiger partial charge in [0.1, 0.15) is 4.21 Å². The fourth-order valence-corrected chi connectivity index (χ4v) is 4.24. The molecule has 114 valence electrons. The molecule has 0 aliphatic heterocycles. The van der Waals surface area contributed by atoms with Crippen LogP contribution in [0.5, 0.6) is 0 Å². The van der Waals surface area contributed by atoms with Gasteiger partial charge < -0.3 is 10.1 Å². The summed E-state index contributed by atoms with van der Waals surface area (Å²) in [4.78, 5) is 1.01. The van der Waals surface area contributed by atoms with E-state index >= 15 is 0 Å². The molecule has 1 fully saturated rings. The number of ether oxygens (including phenoxy) is 1. The van der Waals surface area contributed by atoms with Crippen molar-refractivity contribution in [3.63, 3.8) is 0 Å². The standard InChI is InChI=1S/C13H22N2O3S2/c1-14-9-12-5-6-13(19-12)20(16,17)15-7-2-8-18-10-11-3-4-11/h5-6,11,14-15H,2-4,7-10H2,1H3. The number of rotatable bonds is 10. The number of sulfonamides is 1. The Bertz CT molecular complexity index is 509. The molecule has 0 amide bonds. The van der Waals surface area contributed by atoms with Gasteiger partial charge in [0.05, 0.1) is 0 Å². The maximum atomic E-state index is 12.0. The summed E-state index contributed by atoms with van der Waals surface area (Å²) in [6.45, 7) is 2.56. The minimum atomic E-state index is -3.36. The maximum absolute atomic E-state index is 12.0. The van der Waals surface area contributed by atoms with Crippen LogP contribution in [0.25, 0.3) is 0 Å². The second-order valence-corrected chi connectivity index (χ2v) is 8.18. The predicted molar refractivity (Wildman–Crippen MR) is 80.4 cm³/mol. The number of hydrogen-bond donors (Lipinski definition) is 2. The van der Waals surface area contributed by atoms with Crippen molar-refractivity contribution >= 4 is 21.4 Å². The average Bonchev–Trinajstić information content (AvgIpc) is 3.11. The van der Waals surface area contributed by atoms with E-state index < -0.39 is 10.0 Å². The lowest BCUT2D eigenvalue weighted by atomic mass is 10.4. The predicted octanol–water partition coefficient (Wildman–Crippen LogP) is 1.56. The van der Waals surface area contributed by atoms with Crippen LogP contribution >= 0.6 is 11.3 Å². The van der Waals surface area contributed by atoms with Gasteiger partial charge in [-0.2, -0.15) is 0 Å². The molecule has 7 heteroatoms. The van der Waals surface area contributed by atoms with Gasteiger partial charge in [0.15, 0.2) is 0 Å². The van der Waals surface area contributed by atoms with E-state index in [0.717, 1.165) is 17.4 Å². The molecule has 1 aromatic heterocycles. The molecule has 20 heavy (non-hydrogen) atoms. The molecular weight excluding hydrogens is 296 g/mol. The van der Waals surface area contributed by atoms with Crippen LogP contribution in [-0.2, 0) is 21.3 Å². The fraction of sp³-hybridized carbons (Fsp3) is 0.692. The number of hydrogen-bond acceptors (Lipinski definition) is 5. The number of thiophene rings is 1. The lowest BCUT2D eigenvalue weighted by Gasteiger charge is -2.05. The van der Waals surface area contributed by atoms with Crippen molar-refractivity contribution in [2.45, 2.75) is 30.0 Å². The lowest BCUT2D eigenvalue weighted by Crippen LogP contribution is -2.25. The molecule has 0 atom stereocenters. The monoisotopic (exact) mass is 318 g/mol. The Balaban J connectivity index is 1.68. The Morgan fingerprint density at radius 3 is 2.90 bits per heavy atom. The molecule has 0 radical (unpaired) electrons. The van der Waals surface area contributed by atoms with Gasteiger partial charge in [-0.1, -0.05) is 0 Å². The lowest BCUT2D eigenvalue weighted by molar-refractivity contribution is 0.123. The fourth-order valence-electron chi connectivity index (χ4n) is 1.76. The Labute approximate surface area is 124 Å². The van der Waals surface area contributed by atoms with Gasteiger partial charge in [0.25, 0.3) is 0 Å². The smallest absolute Gasteiger partial charge is 0.250 e. The zero-order valence-electron chi connectivity index (χ0n) is 11.7. The summed E-state index contributed by atoms with van der Waals surface area (Å²) in [6, 6.07) is 3.50. The Kier molecular flexibility index (Phi) is 5.98. The highest BCUT2D eigenvalue weighted by Gasteiger charge is 2.21. The molecule has 1 saturated carbocycles. The van der Waals surface area contributed by atoms with Gasteiger partial charge in [-0.25, -0.2) is 13.1 Å². The van der Waals surface area contributed by atoms with Crippen molar-refractivity contribution in [2.75, 3.05) is 26.8 Å². The zero-order valence-corrected chi connectivity index (χ0v) is 13.4. The maximum Gasteiger partial charge on any atom is 0.250 e. The molecule has 5 nitrogen and oxygen atoms in total. The van der Waals surface area contributed by atoms with Crippen molar-refractivity contribution in [2.24, 2.45) is 5.92 Å². The van der Waals surface area contributed by atoms with Gasteiger partial charge in [-0.15, -0.1) is 11.3 Å². The second kappa shape index (κ2) is 7.51. The normalized spacial score (nSPS) is 15.7. The molecule has 0 saturated heterocycles. The summed E-state index contributed by atoms with van der Waals surface area (Å²) in [6.07, 6.45) is 3.26. The van der Waals surface area contributed by atoms with Crippen LogP contribution in [0.4, 0.5) is 0 Å². The molecular formula is C13H22N2O3S2. The molecule has 0 unspecified atom stereocenters. The first-order valence-electron chi connectivity index (χ1n) is 6.92. The minimum absolute atomic E-state index is 0.377. The Hall–Kier alpha value is -0.470. The molecule has 1 aliphatic carbocycles. The van der Waals surface area contributed by atoms with Crippen LogP contribution in [-0.4, -0.2) is 35.2 Å². The summed E-state index contributed by atoms with van der Waals surface area (Å²) in [5, 5.41) is 3.01. The first-order chi connectivity index (χ1) is 9.62. The van der Waals surface area contributed by atoms with Crippen molar-refractivity contribution in [1.82, 2.24) is 10.0 Å².